The minimum atomic E-state index is -0.0387. The lowest BCUT2D eigenvalue weighted by molar-refractivity contribution is -0.120. The van der Waals surface area contributed by atoms with E-state index in [-0.39, 0.29) is 12.3 Å². The number of amides is 1. The van der Waals surface area contributed by atoms with Gasteiger partial charge in [-0.15, -0.1) is 11.3 Å². The van der Waals surface area contributed by atoms with Crippen LogP contribution in [-0.2, 0) is 22.6 Å². The van der Waals surface area contributed by atoms with E-state index in [1.807, 2.05) is 35.7 Å². The van der Waals surface area contributed by atoms with Gasteiger partial charge in [-0.3, -0.25) is 4.79 Å². The topological polar surface area (TPSA) is 63.7 Å². The van der Waals surface area contributed by atoms with Gasteiger partial charge in [-0.2, -0.15) is 0 Å². The second kappa shape index (κ2) is 12.4. The van der Waals surface area contributed by atoms with Crippen molar-refractivity contribution in [3.05, 3.63) is 46.4 Å². The third kappa shape index (κ3) is 8.51. The molecule has 1 aromatic carbocycles. The molecule has 1 amide bonds. The lowest BCUT2D eigenvalue weighted by Gasteiger charge is -2.17. The zero-order valence-corrected chi connectivity index (χ0v) is 17.0. The summed E-state index contributed by atoms with van der Waals surface area (Å²) in [5.41, 5.74) is 0.770. The molecule has 2 aromatic rings. The third-order valence-electron chi connectivity index (χ3n) is 4.06. The molecule has 0 spiro atoms. The van der Waals surface area contributed by atoms with Crippen LogP contribution in [0.2, 0.25) is 0 Å². The van der Waals surface area contributed by atoms with Crippen LogP contribution in [0.25, 0.3) is 0 Å². The van der Waals surface area contributed by atoms with Gasteiger partial charge in [0, 0.05) is 18.5 Å². The number of hydrogen-bond donors (Lipinski definition) is 1. The van der Waals surface area contributed by atoms with E-state index >= 15 is 0 Å². The van der Waals surface area contributed by atoms with E-state index in [1.165, 1.54) is 11.3 Å². The Morgan fingerprint density at radius 1 is 1.19 bits per heavy atom. The number of rotatable bonds is 13. The largest absolute Gasteiger partial charge is 0.486 e. The first-order chi connectivity index (χ1) is 13.2. The highest BCUT2D eigenvalue weighted by Gasteiger charge is 2.08. The number of benzene rings is 1. The SMILES string of the molecule is CCN(CC)CCOCCNC(=O)Cc1csc(COc2ccccc2)n1. The van der Waals surface area contributed by atoms with Gasteiger partial charge in [-0.1, -0.05) is 32.0 Å². The molecule has 1 heterocycles. The van der Waals surface area contributed by atoms with Crippen LogP contribution in [0, 0.1) is 0 Å². The number of carbonyl (C=O) groups excluding carboxylic acids is 1. The van der Waals surface area contributed by atoms with Crippen molar-refractivity contribution in [2.75, 3.05) is 39.4 Å². The van der Waals surface area contributed by atoms with E-state index in [0.29, 0.717) is 26.4 Å². The second-order valence-corrected chi connectivity index (χ2v) is 6.94. The predicted molar refractivity (Wildman–Crippen MR) is 108 cm³/mol. The number of nitrogens with one attached hydrogen (secondary N) is 1. The molecule has 2 rings (SSSR count). The lowest BCUT2D eigenvalue weighted by atomic mass is 10.3. The summed E-state index contributed by atoms with van der Waals surface area (Å²) >= 11 is 1.51. The molecule has 148 valence electrons. The van der Waals surface area contributed by atoms with Gasteiger partial charge in [0.1, 0.15) is 17.4 Å². The lowest BCUT2D eigenvalue weighted by Crippen LogP contribution is -2.31. The molecular formula is C20H29N3O3S. The summed E-state index contributed by atoms with van der Waals surface area (Å²) in [7, 11) is 0. The monoisotopic (exact) mass is 391 g/mol. The van der Waals surface area contributed by atoms with Crippen molar-refractivity contribution >= 4 is 17.2 Å². The van der Waals surface area contributed by atoms with Crippen molar-refractivity contribution in [1.29, 1.82) is 0 Å². The Hall–Kier alpha value is -1.96. The van der Waals surface area contributed by atoms with Crippen molar-refractivity contribution in [3.63, 3.8) is 0 Å². The predicted octanol–water partition coefficient (Wildman–Crippen LogP) is 2.74. The second-order valence-electron chi connectivity index (χ2n) is 6.00. The molecule has 1 aromatic heterocycles. The summed E-state index contributed by atoms with van der Waals surface area (Å²) in [6.07, 6.45) is 0.279. The number of nitrogens with zero attached hydrogens (tertiary/aromatic N) is 2. The van der Waals surface area contributed by atoms with Gasteiger partial charge in [0.05, 0.1) is 25.3 Å². The summed E-state index contributed by atoms with van der Waals surface area (Å²) in [5.74, 6) is 0.774. The van der Waals surface area contributed by atoms with Gasteiger partial charge in [-0.25, -0.2) is 4.98 Å². The summed E-state index contributed by atoms with van der Waals surface area (Å²) < 4.78 is 11.2. The van der Waals surface area contributed by atoms with Crippen molar-refractivity contribution in [3.8, 4) is 5.75 Å². The van der Waals surface area contributed by atoms with Crippen LogP contribution in [0.15, 0.2) is 35.7 Å². The molecule has 0 radical (unpaired) electrons. The zero-order chi connectivity index (χ0) is 19.3. The molecule has 1 N–H and O–H groups in total. The first kappa shape index (κ1) is 21.3. The highest BCUT2D eigenvalue weighted by molar-refractivity contribution is 7.09. The number of likely N-dealkylation sites (N-methyl/N-ethyl adjacent to an activating group) is 1. The first-order valence-electron chi connectivity index (χ1n) is 9.39. The minimum absolute atomic E-state index is 0.0387. The summed E-state index contributed by atoms with van der Waals surface area (Å²) in [5, 5.41) is 5.64. The van der Waals surface area contributed by atoms with E-state index < -0.39 is 0 Å². The zero-order valence-electron chi connectivity index (χ0n) is 16.1. The van der Waals surface area contributed by atoms with Gasteiger partial charge in [0.15, 0.2) is 0 Å². The van der Waals surface area contributed by atoms with E-state index in [9.17, 15) is 4.79 Å². The Labute approximate surface area is 165 Å². The van der Waals surface area contributed by atoms with Crippen LogP contribution in [-0.4, -0.2) is 55.2 Å². The molecule has 0 atom stereocenters. The molecule has 0 bridgehead atoms. The van der Waals surface area contributed by atoms with Crippen LogP contribution in [0.4, 0.5) is 0 Å². The number of thiazole rings is 1. The summed E-state index contributed by atoms with van der Waals surface area (Å²) in [6, 6.07) is 9.63. The fourth-order valence-corrected chi connectivity index (χ4v) is 3.19. The van der Waals surface area contributed by atoms with Crippen LogP contribution >= 0.6 is 11.3 Å². The molecule has 0 unspecified atom stereocenters. The highest BCUT2D eigenvalue weighted by Crippen LogP contribution is 2.15. The standard InChI is InChI=1S/C20H29N3O3S/c1-3-23(4-2)11-13-25-12-10-21-19(24)14-17-16-27-20(22-17)15-26-18-8-6-5-7-9-18/h5-9,16H,3-4,10-15H2,1-2H3,(H,21,24). The quantitative estimate of drug-likeness (QED) is 0.532. The maximum Gasteiger partial charge on any atom is 0.226 e. The minimum Gasteiger partial charge on any atom is -0.486 e. The van der Waals surface area contributed by atoms with E-state index in [4.69, 9.17) is 9.47 Å². The van der Waals surface area contributed by atoms with Crippen molar-refractivity contribution in [2.24, 2.45) is 0 Å². The van der Waals surface area contributed by atoms with Gasteiger partial charge in [0.25, 0.3) is 0 Å². The van der Waals surface area contributed by atoms with Crippen molar-refractivity contribution in [2.45, 2.75) is 26.9 Å². The van der Waals surface area contributed by atoms with E-state index in [2.05, 4.69) is 29.0 Å². The number of hydrogen-bond acceptors (Lipinski definition) is 6. The van der Waals surface area contributed by atoms with E-state index in [0.717, 1.165) is 36.1 Å². The molecule has 0 aliphatic rings. The number of para-hydroxylation sites is 1. The number of carbonyl (C=O) groups is 1. The highest BCUT2D eigenvalue weighted by atomic mass is 32.1. The maximum atomic E-state index is 12.0. The Balaban J connectivity index is 1.58. The molecule has 0 saturated heterocycles. The molecule has 0 saturated carbocycles. The van der Waals surface area contributed by atoms with Crippen molar-refractivity contribution in [1.82, 2.24) is 15.2 Å². The molecule has 6 nitrogen and oxygen atoms in total. The smallest absolute Gasteiger partial charge is 0.226 e. The molecule has 27 heavy (non-hydrogen) atoms. The Morgan fingerprint density at radius 2 is 1.96 bits per heavy atom. The molecule has 0 fully saturated rings. The van der Waals surface area contributed by atoms with Crippen LogP contribution < -0.4 is 10.1 Å². The Bertz CT molecular complexity index is 660. The Kier molecular flexibility index (Phi) is 9.83. The van der Waals surface area contributed by atoms with Crippen LogP contribution in [0.3, 0.4) is 0 Å². The van der Waals surface area contributed by atoms with Crippen molar-refractivity contribution < 1.29 is 14.3 Å². The molecule has 0 aliphatic heterocycles. The molecular weight excluding hydrogens is 362 g/mol. The summed E-state index contributed by atoms with van der Waals surface area (Å²) in [6.45, 7) is 9.41. The van der Waals surface area contributed by atoms with Gasteiger partial charge in [-0.05, 0) is 25.2 Å². The van der Waals surface area contributed by atoms with Crippen LogP contribution in [0.5, 0.6) is 5.75 Å². The van der Waals surface area contributed by atoms with Gasteiger partial charge < -0.3 is 19.7 Å². The fourth-order valence-electron chi connectivity index (χ4n) is 2.48. The third-order valence-corrected chi connectivity index (χ3v) is 4.93. The number of aromatic nitrogens is 1. The average molecular weight is 392 g/mol. The fraction of sp³-hybridized carbons (Fsp3) is 0.500. The average Bonchev–Trinajstić information content (AvgIpc) is 3.14. The molecule has 7 heteroatoms. The molecule has 0 aliphatic carbocycles. The summed E-state index contributed by atoms with van der Waals surface area (Å²) in [4.78, 5) is 18.8. The normalized spacial score (nSPS) is 10.9. The van der Waals surface area contributed by atoms with Crippen LogP contribution in [0.1, 0.15) is 24.5 Å². The van der Waals surface area contributed by atoms with E-state index in [1.54, 1.807) is 0 Å². The van der Waals surface area contributed by atoms with Gasteiger partial charge >= 0.3 is 0 Å². The first-order valence-corrected chi connectivity index (χ1v) is 10.3. The maximum absolute atomic E-state index is 12.0. The Morgan fingerprint density at radius 3 is 2.70 bits per heavy atom. The van der Waals surface area contributed by atoms with Gasteiger partial charge in [0.2, 0.25) is 5.91 Å². The number of ether oxygens (including phenoxy) is 2.